The number of carbonyl (C=O) groups is 1. The standard InChI is InChI=1S/C47H89N2O7P/c1-3-5-7-9-11-13-15-17-19-21-23-25-27-29-31-33-35-37-39-46(51)45(43-56-57(53,54)55-41-40-48)49-47(52)42-44(50)38-36-34-32-30-28-26-24-22-20-18-16-14-12-10-8-6-4-2/h21-24,29,31,37,39,44-46,50-51H,3-20,25-28,30,32-36,38,40-43,48H2,1-2H3,(H,49,52)(H,53,54)/b23-21+,24-22-,31-29+,39-37+. The van der Waals surface area contributed by atoms with E-state index < -0.39 is 38.6 Å². The van der Waals surface area contributed by atoms with Crippen LogP contribution >= 0.6 is 7.82 Å². The minimum Gasteiger partial charge on any atom is -0.393 e. The Labute approximate surface area is 350 Å². The van der Waals surface area contributed by atoms with Crippen LogP contribution in [-0.4, -0.2) is 59.0 Å². The molecule has 0 aliphatic carbocycles. The third kappa shape index (κ3) is 41.0. The van der Waals surface area contributed by atoms with Crippen LogP contribution in [0.15, 0.2) is 48.6 Å². The minimum atomic E-state index is -4.42. The Morgan fingerprint density at radius 2 is 1.00 bits per heavy atom. The van der Waals surface area contributed by atoms with Gasteiger partial charge in [0.1, 0.15) is 0 Å². The van der Waals surface area contributed by atoms with Gasteiger partial charge >= 0.3 is 7.82 Å². The molecule has 0 aromatic rings. The molecule has 0 spiro atoms. The minimum absolute atomic E-state index is 0.0403. The van der Waals surface area contributed by atoms with Crippen molar-refractivity contribution in [2.45, 2.75) is 225 Å². The molecule has 0 aliphatic rings. The van der Waals surface area contributed by atoms with E-state index in [9.17, 15) is 24.5 Å². The highest BCUT2D eigenvalue weighted by molar-refractivity contribution is 7.47. The van der Waals surface area contributed by atoms with Crippen LogP contribution in [0.5, 0.6) is 0 Å². The van der Waals surface area contributed by atoms with E-state index in [-0.39, 0.29) is 19.6 Å². The van der Waals surface area contributed by atoms with Crippen molar-refractivity contribution in [2.24, 2.45) is 5.73 Å². The van der Waals surface area contributed by atoms with Crippen molar-refractivity contribution >= 4 is 13.7 Å². The lowest BCUT2D eigenvalue weighted by molar-refractivity contribution is -0.124. The fraction of sp³-hybridized carbons (Fsp3) is 0.809. The molecule has 0 fully saturated rings. The number of phosphoric ester groups is 1. The van der Waals surface area contributed by atoms with Crippen LogP contribution in [0.1, 0.15) is 206 Å². The van der Waals surface area contributed by atoms with E-state index in [4.69, 9.17) is 14.8 Å². The summed E-state index contributed by atoms with van der Waals surface area (Å²) >= 11 is 0. The lowest BCUT2D eigenvalue weighted by Crippen LogP contribution is -2.46. The molecule has 0 saturated carbocycles. The highest BCUT2D eigenvalue weighted by Crippen LogP contribution is 2.43. The number of aliphatic hydroxyl groups is 2. The van der Waals surface area contributed by atoms with Crippen LogP contribution in [0.3, 0.4) is 0 Å². The van der Waals surface area contributed by atoms with Gasteiger partial charge in [0, 0.05) is 6.54 Å². The van der Waals surface area contributed by atoms with Gasteiger partial charge < -0.3 is 26.2 Å². The molecule has 6 N–H and O–H groups in total. The summed E-state index contributed by atoms with van der Waals surface area (Å²) in [5.41, 5.74) is 5.37. The summed E-state index contributed by atoms with van der Waals surface area (Å²) in [7, 11) is -4.42. The lowest BCUT2D eigenvalue weighted by Gasteiger charge is -2.24. The molecule has 0 bridgehead atoms. The highest BCUT2D eigenvalue weighted by atomic mass is 31.2. The molecule has 0 rings (SSSR count). The van der Waals surface area contributed by atoms with Crippen molar-refractivity contribution in [3.63, 3.8) is 0 Å². The molecule has 1 amide bonds. The first-order valence-corrected chi connectivity index (χ1v) is 24.8. The number of hydrogen-bond acceptors (Lipinski definition) is 7. The first-order valence-electron chi connectivity index (χ1n) is 23.3. The van der Waals surface area contributed by atoms with Crippen molar-refractivity contribution in [1.82, 2.24) is 5.32 Å². The number of phosphoric acid groups is 1. The Hall–Kier alpha value is -1.58. The molecule has 9 nitrogen and oxygen atoms in total. The van der Waals surface area contributed by atoms with Gasteiger partial charge in [0.2, 0.25) is 5.91 Å². The second-order valence-corrected chi connectivity index (χ2v) is 17.2. The number of hydrogen-bond donors (Lipinski definition) is 5. The summed E-state index contributed by atoms with van der Waals surface area (Å²) in [6, 6.07) is -1.01. The summed E-state index contributed by atoms with van der Waals surface area (Å²) in [5, 5.41) is 24.1. The zero-order chi connectivity index (χ0) is 41.9. The van der Waals surface area contributed by atoms with Gasteiger partial charge in [-0.25, -0.2) is 4.57 Å². The van der Waals surface area contributed by atoms with Gasteiger partial charge in [0.05, 0.1) is 37.9 Å². The first-order chi connectivity index (χ1) is 27.8. The Morgan fingerprint density at radius 3 is 1.46 bits per heavy atom. The normalized spacial score (nSPS) is 15.0. The largest absolute Gasteiger partial charge is 0.472 e. The van der Waals surface area contributed by atoms with Crippen LogP contribution in [0.2, 0.25) is 0 Å². The van der Waals surface area contributed by atoms with E-state index in [1.165, 1.54) is 116 Å². The fourth-order valence-corrected chi connectivity index (χ4v) is 7.37. The third-order valence-corrected chi connectivity index (χ3v) is 11.1. The Kier molecular flexibility index (Phi) is 41.4. The van der Waals surface area contributed by atoms with Gasteiger partial charge in [-0.05, 0) is 70.6 Å². The number of nitrogens with two attached hydrogens (primary N) is 1. The maximum Gasteiger partial charge on any atom is 0.472 e. The zero-order valence-corrected chi connectivity index (χ0v) is 37.6. The molecular formula is C47H89N2O7P. The molecule has 10 heteroatoms. The molecule has 0 radical (unpaired) electrons. The predicted molar refractivity (Wildman–Crippen MR) is 241 cm³/mol. The van der Waals surface area contributed by atoms with Crippen LogP contribution in [0.25, 0.3) is 0 Å². The quantitative estimate of drug-likeness (QED) is 0.0232. The monoisotopic (exact) mass is 825 g/mol. The molecule has 4 unspecified atom stereocenters. The van der Waals surface area contributed by atoms with Crippen molar-refractivity contribution < 1.29 is 33.5 Å². The maximum atomic E-state index is 12.8. The molecule has 0 aliphatic heterocycles. The SMILES string of the molecule is CCCCCCCCCC/C=C\CCCCCCCC(O)CC(=O)NC(COP(=O)(O)OCCN)C(O)/C=C/CC/C=C/CC/C=C/CCCCCCCCCC. The number of nitrogens with one attached hydrogen (secondary N) is 1. The Bertz CT molecular complexity index is 1050. The Balaban J connectivity index is 4.37. The van der Waals surface area contributed by atoms with Gasteiger partial charge in [0.15, 0.2) is 0 Å². The average molecular weight is 825 g/mol. The van der Waals surface area contributed by atoms with E-state index in [0.717, 1.165) is 57.8 Å². The van der Waals surface area contributed by atoms with E-state index in [1.807, 2.05) is 6.08 Å². The van der Waals surface area contributed by atoms with E-state index in [2.05, 4.69) is 55.6 Å². The first kappa shape index (κ1) is 55.4. The third-order valence-electron chi connectivity index (χ3n) is 10.2. The molecule has 0 aromatic carbocycles. The summed E-state index contributed by atoms with van der Waals surface area (Å²) in [5.74, 6) is -0.465. The summed E-state index contributed by atoms with van der Waals surface area (Å²) in [6.45, 7) is 3.94. The summed E-state index contributed by atoms with van der Waals surface area (Å²) in [6.07, 6.45) is 49.1. The van der Waals surface area contributed by atoms with Crippen molar-refractivity contribution in [3.05, 3.63) is 48.6 Å². The fourth-order valence-electron chi connectivity index (χ4n) is 6.61. The number of allylic oxidation sites excluding steroid dienone is 7. The van der Waals surface area contributed by atoms with Crippen molar-refractivity contribution in [1.29, 1.82) is 0 Å². The summed E-state index contributed by atoms with van der Waals surface area (Å²) in [4.78, 5) is 22.8. The van der Waals surface area contributed by atoms with Crippen molar-refractivity contribution in [3.8, 4) is 0 Å². The summed E-state index contributed by atoms with van der Waals surface area (Å²) < 4.78 is 22.1. The number of unbranched alkanes of at least 4 members (excludes halogenated alkanes) is 23. The zero-order valence-electron chi connectivity index (χ0n) is 36.7. The molecule has 0 saturated heterocycles. The van der Waals surface area contributed by atoms with Crippen LogP contribution in [-0.2, 0) is 18.4 Å². The van der Waals surface area contributed by atoms with Crippen molar-refractivity contribution in [2.75, 3.05) is 19.8 Å². The van der Waals surface area contributed by atoms with Crippen LogP contribution < -0.4 is 11.1 Å². The van der Waals surface area contributed by atoms with Gasteiger partial charge in [-0.3, -0.25) is 13.8 Å². The molecule has 334 valence electrons. The second-order valence-electron chi connectivity index (χ2n) is 15.8. The van der Waals surface area contributed by atoms with Gasteiger partial charge in [-0.15, -0.1) is 0 Å². The number of aliphatic hydroxyl groups excluding tert-OH is 2. The van der Waals surface area contributed by atoms with Gasteiger partial charge in [-0.1, -0.05) is 178 Å². The maximum absolute atomic E-state index is 12.8. The lowest BCUT2D eigenvalue weighted by atomic mass is 10.0. The van der Waals surface area contributed by atoms with E-state index in [0.29, 0.717) is 12.8 Å². The number of carbonyl (C=O) groups excluding carboxylic acids is 1. The topological polar surface area (TPSA) is 151 Å². The molecule has 4 atom stereocenters. The predicted octanol–water partition coefficient (Wildman–Crippen LogP) is 12.3. The number of amides is 1. The molecule has 0 heterocycles. The Morgan fingerprint density at radius 1 is 0.596 bits per heavy atom. The van der Waals surface area contributed by atoms with Crippen LogP contribution in [0, 0.1) is 0 Å². The molecule has 0 aromatic heterocycles. The average Bonchev–Trinajstić information content (AvgIpc) is 3.19. The smallest absolute Gasteiger partial charge is 0.393 e. The highest BCUT2D eigenvalue weighted by Gasteiger charge is 2.27. The van der Waals surface area contributed by atoms with E-state index >= 15 is 0 Å². The second kappa shape index (κ2) is 42.5. The van der Waals surface area contributed by atoms with Gasteiger partial charge in [-0.2, -0.15) is 0 Å². The van der Waals surface area contributed by atoms with Gasteiger partial charge in [0.25, 0.3) is 0 Å². The molecular weight excluding hydrogens is 735 g/mol. The van der Waals surface area contributed by atoms with Crippen LogP contribution in [0.4, 0.5) is 0 Å². The van der Waals surface area contributed by atoms with E-state index in [1.54, 1.807) is 6.08 Å². The number of rotatable bonds is 43. The molecule has 57 heavy (non-hydrogen) atoms.